The predicted molar refractivity (Wildman–Crippen MR) is 48.2 cm³/mol. The Kier molecular flexibility index (Phi) is 3.98. The number of aliphatic hydroxyl groups excluding tert-OH is 1. The van der Waals surface area contributed by atoms with E-state index in [1.807, 2.05) is 14.0 Å². The summed E-state index contributed by atoms with van der Waals surface area (Å²) in [6.07, 6.45) is 2.75. The minimum Gasteiger partial charge on any atom is -0.395 e. The molecule has 1 saturated heterocycles. The largest absolute Gasteiger partial charge is 0.395 e. The summed E-state index contributed by atoms with van der Waals surface area (Å²) in [5, 5.41) is 8.90. The maximum atomic E-state index is 8.90. The van der Waals surface area contributed by atoms with Gasteiger partial charge in [0.15, 0.2) is 0 Å². The van der Waals surface area contributed by atoms with Gasteiger partial charge in [-0.1, -0.05) is 0 Å². The van der Waals surface area contributed by atoms with Crippen molar-refractivity contribution in [1.82, 2.24) is 4.90 Å². The average molecular weight is 173 g/mol. The highest BCUT2D eigenvalue weighted by Crippen LogP contribution is 2.13. The molecule has 1 fully saturated rings. The molecule has 72 valence electrons. The molecule has 2 unspecified atom stereocenters. The van der Waals surface area contributed by atoms with Crippen LogP contribution in [0.5, 0.6) is 0 Å². The Hall–Kier alpha value is -0.120. The Bertz CT molecular complexity index is 124. The molecule has 1 rings (SSSR count). The van der Waals surface area contributed by atoms with E-state index in [1.165, 1.54) is 12.8 Å². The van der Waals surface area contributed by atoms with Crippen molar-refractivity contribution in [2.45, 2.75) is 31.9 Å². The fourth-order valence-corrected chi connectivity index (χ4v) is 1.43. The van der Waals surface area contributed by atoms with Crippen LogP contribution < -0.4 is 0 Å². The smallest absolute Gasteiger partial charge is 0.0702 e. The van der Waals surface area contributed by atoms with Crippen LogP contribution in [0, 0.1) is 0 Å². The number of hydrogen-bond donors (Lipinski definition) is 1. The van der Waals surface area contributed by atoms with E-state index in [4.69, 9.17) is 9.84 Å². The summed E-state index contributed by atoms with van der Waals surface area (Å²) >= 11 is 0. The summed E-state index contributed by atoms with van der Waals surface area (Å²) in [6, 6.07) is 0.245. The first-order valence-corrected chi connectivity index (χ1v) is 4.66. The molecule has 0 aromatic rings. The molecule has 12 heavy (non-hydrogen) atoms. The third kappa shape index (κ3) is 2.73. The minimum atomic E-state index is 0.225. The Labute approximate surface area is 74.3 Å². The van der Waals surface area contributed by atoms with E-state index in [-0.39, 0.29) is 12.6 Å². The molecule has 2 atom stereocenters. The molecule has 0 saturated carbocycles. The molecule has 1 heterocycles. The Balaban J connectivity index is 2.19. The molecule has 1 aliphatic heterocycles. The third-order valence-electron chi connectivity index (χ3n) is 2.53. The minimum absolute atomic E-state index is 0.225. The molecule has 3 heteroatoms. The molecule has 0 radical (unpaired) electrons. The van der Waals surface area contributed by atoms with Crippen molar-refractivity contribution < 1.29 is 9.84 Å². The lowest BCUT2D eigenvalue weighted by molar-refractivity contribution is 0.0589. The predicted octanol–water partition coefficient (Wildman–Crippen LogP) is 0.478. The highest BCUT2D eigenvalue weighted by molar-refractivity contribution is 4.71. The van der Waals surface area contributed by atoms with Gasteiger partial charge in [0.2, 0.25) is 0 Å². The normalized spacial score (nSPS) is 26.5. The summed E-state index contributed by atoms with van der Waals surface area (Å²) in [5.74, 6) is 0. The topological polar surface area (TPSA) is 32.7 Å². The van der Waals surface area contributed by atoms with Crippen LogP contribution in [-0.2, 0) is 4.74 Å². The Morgan fingerprint density at radius 1 is 1.67 bits per heavy atom. The van der Waals surface area contributed by atoms with E-state index in [0.29, 0.717) is 6.10 Å². The van der Waals surface area contributed by atoms with Crippen molar-refractivity contribution in [3.8, 4) is 0 Å². The van der Waals surface area contributed by atoms with Crippen LogP contribution in [0.1, 0.15) is 19.8 Å². The molecule has 0 aliphatic carbocycles. The first kappa shape index (κ1) is 9.96. The highest BCUT2D eigenvalue weighted by atomic mass is 16.5. The molecule has 0 bridgehead atoms. The van der Waals surface area contributed by atoms with Gasteiger partial charge in [-0.3, -0.25) is 4.90 Å². The second-order valence-electron chi connectivity index (χ2n) is 3.61. The number of aliphatic hydroxyl groups is 1. The van der Waals surface area contributed by atoms with E-state index in [1.54, 1.807) is 0 Å². The number of ether oxygens (including phenoxy) is 1. The molecule has 0 aromatic heterocycles. The van der Waals surface area contributed by atoms with Crippen molar-refractivity contribution in [3.63, 3.8) is 0 Å². The zero-order valence-corrected chi connectivity index (χ0v) is 7.99. The van der Waals surface area contributed by atoms with Crippen LogP contribution >= 0.6 is 0 Å². The van der Waals surface area contributed by atoms with Crippen molar-refractivity contribution in [2.75, 3.05) is 26.8 Å². The van der Waals surface area contributed by atoms with Crippen LogP contribution in [0.4, 0.5) is 0 Å². The van der Waals surface area contributed by atoms with Gasteiger partial charge in [0.1, 0.15) is 0 Å². The van der Waals surface area contributed by atoms with Crippen LogP contribution in [0.15, 0.2) is 0 Å². The lowest BCUT2D eigenvalue weighted by atomic mass is 10.2. The lowest BCUT2D eigenvalue weighted by Crippen LogP contribution is -2.37. The SMILES string of the molecule is CC(CO)N(C)CC1CCCO1. The van der Waals surface area contributed by atoms with Crippen molar-refractivity contribution in [3.05, 3.63) is 0 Å². The number of nitrogens with zero attached hydrogens (tertiary/aromatic N) is 1. The number of hydrogen-bond acceptors (Lipinski definition) is 3. The Morgan fingerprint density at radius 2 is 2.42 bits per heavy atom. The fourth-order valence-electron chi connectivity index (χ4n) is 1.43. The third-order valence-corrected chi connectivity index (χ3v) is 2.53. The van der Waals surface area contributed by atoms with Gasteiger partial charge < -0.3 is 9.84 Å². The van der Waals surface area contributed by atoms with Gasteiger partial charge in [-0.05, 0) is 26.8 Å². The second-order valence-corrected chi connectivity index (χ2v) is 3.61. The Morgan fingerprint density at radius 3 is 2.92 bits per heavy atom. The lowest BCUT2D eigenvalue weighted by Gasteiger charge is -2.25. The van der Waals surface area contributed by atoms with Gasteiger partial charge in [0, 0.05) is 19.2 Å². The molecular formula is C9H19NO2. The summed E-state index contributed by atoms with van der Waals surface area (Å²) < 4.78 is 5.49. The highest BCUT2D eigenvalue weighted by Gasteiger charge is 2.19. The van der Waals surface area contributed by atoms with Crippen LogP contribution in [0.2, 0.25) is 0 Å². The van der Waals surface area contributed by atoms with Gasteiger partial charge >= 0.3 is 0 Å². The van der Waals surface area contributed by atoms with Crippen LogP contribution in [0.3, 0.4) is 0 Å². The number of rotatable bonds is 4. The van der Waals surface area contributed by atoms with E-state index in [0.717, 1.165) is 13.2 Å². The molecule has 0 aromatic carbocycles. The maximum Gasteiger partial charge on any atom is 0.0702 e. The van der Waals surface area contributed by atoms with Gasteiger partial charge in [0.05, 0.1) is 12.7 Å². The van der Waals surface area contributed by atoms with Crippen molar-refractivity contribution >= 4 is 0 Å². The van der Waals surface area contributed by atoms with Gasteiger partial charge in [-0.15, -0.1) is 0 Å². The van der Waals surface area contributed by atoms with Crippen LogP contribution in [0.25, 0.3) is 0 Å². The summed E-state index contributed by atoms with van der Waals surface area (Å²) in [5.41, 5.74) is 0. The quantitative estimate of drug-likeness (QED) is 0.671. The van der Waals surface area contributed by atoms with Gasteiger partial charge in [-0.2, -0.15) is 0 Å². The average Bonchev–Trinajstić information content (AvgIpc) is 2.55. The standard InChI is InChI=1S/C9H19NO2/c1-8(7-11)10(2)6-9-4-3-5-12-9/h8-9,11H,3-7H2,1-2H3. The molecule has 3 nitrogen and oxygen atoms in total. The first-order valence-electron chi connectivity index (χ1n) is 4.66. The van der Waals surface area contributed by atoms with Crippen molar-refractivity contribution in [2.24, 2.45) is 0 Å². The molecule has 0 spiro atoms. The molecule has 1 N–H and O–H groups in total. The molecule has 1 aliphatic rings. The first-order chi connectivity index (χ1) is 5.74. The van der Waals surface area contributed by atoms with E-state index < -0.39 is 0 Å². The molecule has 0 amide bonds. The van der Waals surface area contributed by atoms with E-state index in [9.17, 15) is 0 Å². The zero-order chi connectivity index (χ0) is 8.97. The monoisotopic (exact) mass is 173 g/mol. The maximum absolute atomic E-state index is 8.90. The summed E-state index contributed by atoms with van der Waals surface area (Å²) in [4.78, 5) is 2.15. The summed E-state index contributed by atoms with van der Waals surface area (Å²) in [7, 11) is 2.03. The zero-order valence-electron chi connectivity index (χ0n) is 7.99. The van der Waals surface area contributed by atoms with E-state index >= 15 is 0 Å². The number of likely N-dealkylation sites (N-methyl/N-ethyl adjacent to an activating group) is 1. The van der Waals surface area contributed by atoms with Crippen molar-refractivity contribution in [1.29, 1.82) is 0 Å². The molecular weight excluding hydrogens is 154 g/mol. The second kappa shape index (κ2) is 4.80. The summed E-state index contributed by atoms with van der Waals surface area (Å²) in [6.45, 7) is 4.10. The van der Waals surface area contributed by atoms with E-state index in [2.05, 4.69) is 4.90 Å². The van der Waals surface area contributed by atoms with Crippen LogP contribution in [-0.4, -0.2) is 49.0 Å². The van der Waals surface area contributed by atoms with Gasteiger partial charge in [0.25, 0.3) is 0 Å². The van der Waals surface area contributed by atoms with Gasteiger partial charge in [-0.25, -0.2) is 0 Å². The fraction of sp³-hybridized carbons (Fsp3) is 1.00.